The van der Waals surface area contributed by atoms with Crippen LogP contribution in [-0.2, 0) is 14.8 Å². The third kappa shape index (κ3) is 3.89. The van der Waals surface area contributed by atoms with Crippen molar-refractivity contribution in [1.29, 1.82) is 0 Å². The van der Waals surface area contributed by atoms with Crippen molar-refractivity contribution in [3.63, 3.8) is 0 Å². The van der Waals surface area contributed by atoms with Crippen LogP contribution in [0.5, 0.6) is 0 Å². The summed E-state index contributed by atoms with van der Waals surface area (Å²) in [5.74, 6) is -0.784. The van der Waals surface area contributed by atoms with Gasteiger partial charge in [0.05, 0.1) is 38.8 Å². The third-order valence-electron chi connectivity index (χ3n) is 3.40. The monoisotopic (exact) mass is 384 g/mol. The van der Waals surface area contributed by atoms with Gasteiger partial charge in [-0.1, -0.05) is 17.7 Å². The largest absolute Gasteiger partial charge is 0.465 e. The minimum atomic E-state index is -4.10. The summed E-state index contributed by atoms with van der Waals surface area (Å²) in [6.07, 6.45) is 0. The maximum Gasteiger partial charge on any atom is 0.339 e. The normalized spacial score (nSPS) is 11.0. The van der Waals surface area contributed by atoms with Gasteiger partial charge in [-0.15, -0.1) is 0 Å². The molecule has 0 bridgehead atoms. The number of carbonyl (C=O) groups is 1. The third-order valence-corrected chi connectivity index (χ3v) is 5.09. The summed E-state index contributed by atoms with van der Waals surface area (Å²) in [5, 5.41) is 11.0. The first-order valence-electron chi connectivity index (χ1n) is 6.82. The van der Waals surface area contributed by atoms with E-state index in [1.165, 1.54) is 37.3 Å². The van der Waals surface area contributed by atoms with Crippen LogP contribution in [0.1, 0.15) is 15.9 Å². The first kappa shape index (κ1) is 18.7. The molecule has 0 unspecified atom stereocenters. The predicted molar refractivity (Wildman–Crippen MR) is 91.4 cm³/mol. The van der Waals surface area contributed by atoms with Gasteiger partial charge in [-0.25, -0.2) is 13.2 Å². The Kier molecular flexibility index (Phi) is 5.29. The molecule has 0 aliphatic heterocycles. The van der Waals surface area contributed by atoms with Gasteiger partial charge in [0.1, 0.15) is 0 Å². The Labute approximate surface area is 148 Å². The summed E-state index contributed by atoms with van der Waals surface area (Å²) in [7, 11) is -2.95. The molecule has 0 radical (unpaired) electrons. The van der Waals surface area contributed by atoms with Crippen molar-refractivity contribution in [3.05, 3.63) is 62.7 Å². The second-order valence-electron chi connectivity index (χ2n) is 4.95. The highest BCUT2D eigenvalue weighted by atomic mass is 35.5. The lowest BCUT2D eigenvalue weighted by molar-refractivity contribution is -0.385. The maximum atomic E-state index is 12.5. The van der Waals surface area contributed by atoms with E-state index in [-0.39, 0.29) is 32.4 Å². The molecule has 0 saturated heterocycles. The van der Waals surface area contributed by atoms with Crippen molar-refractivity contribution < 1.29 is 22.9 Å². The maximum absolute atomic E-state index is 12.5. The number of benzene rings is 2. The fourth-order valence-electron chi connectivity index (χ4n) is 2.07. The molecule has 132 valence electrons. The lowest BCUT2D eigenvalue weighted by atomic mass is 10.2. The predicted octanol–water partition coefficient (Wildman–Crippen LogP) is 3.14. The van der Waals surface area contributed by atoms with Crippen LogP contribution >= 0.6 is 11.6 Å². The Morgan fingerprint density at radius 3 is 2.56 bits per heavy atom. The molecule has 10 heteroatoms. The van der Waals surface area contributed by atoms with E-state index in [1.54, 1.807) is 0 Å². The number of halogens is 1. The molecule has 0 saturated carbocycles. The van der Waals surface area contributed by atoms with E-state index in [4.69, 9.17) is 11.6 Å². The summed E-state index contributed by atoms with van der Waals surface area (Å²) >= 11 is 5.87. The fourth-order valence-corrected chi connectivity index (χ4v) is 3.42. The van der Waals surface area contributed by atoms with Gasteiger partial charge in [0.25, 0.3) is 15.7 Å². The minimum Gasteiger partial charge on any atom is -0.465 e. The number of carbonyl (C=O) groups excluding carboxylic acids is 1. The second kappa shape index (κ2) is 7.08. The lowest BCUT2D eigenvalue weighted by Crippen LogP contribution is -2.15. The van der Waals surface area contributed by atoms with Crippen molar-refractivity contribution >= 4 is 39.0 Å². The van der Waals surface area contributed by atoms with Gasteiger partial charge >= 0.3 is 5.97 Å². The summed E-state index contributed by atoms with van der Waals surface area (Å²) in [5.41, 5.74) is -0.101. The molecule has 8 nitrogen and oxygen atoms in total. The number of esters is 1. The van der Waals surface area contributed by atoms with Crippen LogP contribution in [0.4, 0.5) is 11.4 Å². The highest BCUT2D eigenvalue weighted by Gasteiger charge is 2.22. The Hall–Kier alpha value is -2.65. The molecule has 0 heterocycles. The molecule has 2 rings (SSSR count). The Bertz CT molecular complexity index is 958. The smallest absolute Gasteiger partial charge is 0.339 e. The molecule has 0 aliphatic carbocycles. The van der Waals surface area contributed by atoms with Crippen LogP contribution in [0.3, 0.4) is 0 Å². The number of nitrogens with zero attached hydrogens (tertiary/aromatic N) is 1. The quantitative estimate of drug-likeness (QED) is 0.481. The molecule has 0 fully saturated rings. The standard InChI is InChI=1S/C15H13ClN2O6S/c1-9-13(4-3-5-14(9)18(20)21)17-25(22,23)10-6-7-12(16)11(8-10)15(19)24-2/h3-8,17H,1-2H3. The van der Waals surface area contributed by atoms with E-state index in [2.05, 4.69) is 9.46 Å². The van der Waals surface area contributed by atoms with Gasteiger partial charge < -0.3 is 4.74 Å². The fraction of sp³-hybridized carbons (Fsp3) is 0.133. The number of hydrogen-bond acceptors (Lipinski definition) is 6. The number of methoxy groups -OCH3 is 1. The van der Waals surface area contributed by atoms with E-state index in [0.717, 1.165) is 13.2 Å². The van der Waals surface area contributed by atoms with Crippen LogP contribution in [0, 0.1) is 17.0 Å². The average Bonchev–Trinajstić information content (AvgIpc) is 2.55. The number of anilines is 1. The van der Waals surface area contributed by atoms with E-state index in [9.17, 15) is 23.3 Å². The molecule has 0 aliphatic rings. The molecule has 2 aromatic rings. The Balaban J connectivity index is 2.46. The van der Waals surface area contributed by atoms with Crippen LogP contribution in [0.2, 0.25) is 5.02 Å². The van der Waals surface area contributed by atoms with Crippen LogP contribution < -0.4 is 4.72 Å². The van der Waals surface area contributed by atoms with Gasteiger partial charge in [-0.2, -0.15) is 0 Å². The van der Waals surface area contributed by atoms with Crippen molar-refractivity contribution in [3.8, 4) is 0 Å². The summed E-state index contributed by atoms with van der Waals surface area (Å²) in [4.78, 5) is 21.8. The molecule has 0 atom stereocenters. The molecular formula is C15H13ClN2O6S. The highest BCUT2D eigenvalue weighted by molar-refractivity contribution is 7.92. The van der Waals surface area contributed by atoms with Gasteiger partial charge in [0.2, 0.25) is 0 Å². The average molecular weight is 385 g/mol. The minimum absolute atomic E-state index is 0.0392. The zero-order valence-electron chi connectivity index (χ0n) is 13.1. The lowest BCUT2D eigenvalue weighted by Gasteiger charge is -2.12. The van der Waals surface area contributed by atoms with Gasteiger partial charge in [-0.05, 0) is 31.2 Å². The Morgan fingerprint density at radius 1 is 1.28 bits per heavy atom. The molecule has 1 N–H and O–H groups in total. The number of sulfonamides is 1. The number of ether oxygens (including phenoxy) is 1. The first-order chi connectivity index (χ1) is 11.7. The second-order valence-corrected chi connectivity index (χ2v) is 7.04. The topological polar surface area (TPSA) is 116 Å². The molecule has 0 aromatic heterocycles. The first-order valence-corrected chi connectivity index (χ1v) is 8.68. The highest BCUT2D eigenvalue weighted by Crippen LogP contribution is 2.28. The molecule has 25 heavy (non-hydrogen) atoms. The van der Waals surface area contributed by atoms with Crippen molar-refractivity contribution in [2.45, 2.75) is 11.8 Å². The van der Waals surface area contributed by atoms with Crippen LogP contribution in [-0.4, -0.2) is 26.4 Å². The van der Waals surface area contributed by atoms with Crippen molar-refractivity contribution in [2.75, 3.05) is 11.8 Å². The number of nitrogens with one attached hydrogen (secondary N) is 1. The molecule has 0 amide bonds. The number of nitro benzene ring substituents is 1. The van der Waals surface area contributed by atoms with Crippen LogP contribution in [0.15, 0.2) is 41.3 Å². The Morgan fingerprint density at radius 2 is 1.96 bits per heavy atom. The number of nitro groups is 1. The van der Waals surface area contributed by atoms with Gasteiger partial charge in [-0.3, -0.25) is 14.8 Å². The summed E-state index contributed by atoms with van der Waals surface area (Å²) in [6.45, 7) is 1.43. The summed E-state index contributed by atoms with van der Waals surface area (Å²) < 4.78 is 31.9. The number of rotatable bonds is 5. The number of hydrogen-bond donors (Lipinski definition) is 1. The van der Waals surface area contributed by atoms with Gasteiger partial charge in [0.15, 0.2) is 0 Å². The SMILES string of the molecule is COC(=O)c1cc(S(=O)(=O)Nc2cccc([N+](=O)[O-])c2C)ccc1Cl. The molecule has 0 spiro atoms. The van der Waals surface area contributed by atoms with E-state index in [0.29, 0.717) is 0 Å². The zero-order chi connectivity index (χ0) is 18.8. The van der Waals surface area contributed by atoms with E-state index >= 15 is 0 Å². The van der Waals surface area contributed by atoms with Gasteiger partial charge in [0, 0.05) is 6.07 Å². The summed E-state index contributed by atoms with van der Waals surface area (Å²) in [6, 6.07) is 7.57. The molecular weight excluding hydrogens is 372 g/mol. The van der Waals surface area contributed by atoms with E-state index in [1.807, 2.05) is 0 Å². The zero-order valence-corrected chi connectivity index (χ0v) is 14.7. The van der Waals surface area contributed by atoms with Crippen molar-refractivity contribution in [2.24, 2.45) is 0 Å². The molecule has 2 aromatic carbocycles. The van der Waals surface area contributed by atoms with Crippen LogP contribution in [0.25, 0.3) is 0 Å². The van der Waals surface area contributed by atoms with E-state index < -0.39 is 20.9 Å². The van der Waals surface area contributed by atoms with Crippen molar-refractivity contribution in [1.82, 2.24) is 0 Å².